The molecule has 0 aromatic carbocycles. The number of aliphatic imine (C=N–C) groups is 1. The molecule has 24 heavy (non-hydrogen) atoms. The van der Waals surface area contributed by atoms with Gasteiger partial charge in [0.15, 0.2) is 5.54 Å². The lowest BCUT2D eigenvalue weighted by atomic mass is 10.1. The molecule has 1 aliphatic heterocycles. The molecule has 0 saturated heterocycles. The van der Waals surface area contributed by atoms with Crippen molar-refractivity contribution in [3.63, 3.8) is 0 Å². The van der Waals surface area contributed by atoms with E-state index in [1.54, 1.807) is 46.0 Å². The molecule has 0 saturated carbocycles. The minimum atomic E-state index is -1.10. The number of hydrogen-bond acceptors (Lipinski definition) is 6. The van der Waals surface area contributed by atoms with E-state index in [0.717, 1.165) is 5.56 Å². The number of aliphatic carboxylic acids is 1. The van der Waals surface area contributed by atoms with Gasteiger partial charge in [0.05, 0.1) is 17.3 Å². The van der Waals surface area contributed by atoms with Gasteiger partial charge in [-0.1, -0.05) is 0 Å². The van der Waals surface area contributed by atoms with Gasteiger partial charge in [0.2, 0.25) is 0 Å². The van der Waals surface area contributed by atoms with E-state index in [4.69, 9.17) is 4.74 Å². The molecule has 0 unspecified atom stereocenters. The van der Waals surface area contributed by atoms with Gasteiger partial charge in [-0.2, -0.15) is 0 Å². The van der Waals surface area contributed by atoms with E-state index >= 15 is 0 Å². The predicted molar refractivity (Wildman–Crippen MR) is 92.3 cm³/mol. The fourth-order valence-corrected chi connectivity index (χ4v) is 3.11. The molecule has 0 bridgehead atoms. The first-order valence-electron chi connectivity index (χ1n) is 7.47. The fraction of sp³-hybridized carbons (Fsp3) is 0.500. The number of ether oxygens (including phenoxy) is 1. The van der Waals surface area contributed by atoms with Gasteiger partial charge in [-0.05, 0) is 39.8 Å². The zero-order chi connectivity index (χ0) is 18.0. The maximum absolute atomic E-state index is 11.7. The molecule has 0 fully saturated rings. The van der Waals surface area contributed by atoms with Crippen LogP contribution in [-0.4, -0.2) is 44.1 Å². The van der Waals surface area contributed by atoms with Gasteiger partial charge < -0.3 is 15.2 Å². The Bertz CT molecular complexity index is 684. The smallest absolute Gasteiger partial charge is 0.407 e. The van der Waals surface area contributed by atoms with Gasteiger partial charge in [-0.15, -0.1) is 11.8 Å². The average Bonchev–Trinajstić information content (AvgIpc) is 2.88. The first kappa shape index (κ1) is 18.3. The number of amides is 1. The summed E-state index contributed by atoms with van der Waals surface area (Å²) in [5.74, 6) is -0.545. The van der Waals surface area contributed by atoms with Crippen molar-refractivity contribution in [2.45, 2.75) is 45.4 Å². The van der Waals surface area contributed by atoms with E-state index in [2.05, 4.69) is 15.3 Å². The molecule has 1 aromatic rings. The van der Waals surface area contributed by atoms with Gasteiger partial charge in [-0.25, -0.2) is 9.59 Å². The SMILES string of the molecule is CC(C)(C)OC(=O)NCc1cc(C2=N[C@](C)(C(=O)O)CS2)ccn1. The van der Waals surface area contributed by atoms with Crippen LogP contribution < -0.4 is 5.32 Å². The Morgan fingerprint density at radius 2 is 2.17 bits per heavy atom. The van der Waals surface area contributed by atoms with Crippen LogP contribution in [0.4, 0.5) is 4.79 Å². The normalized spacial score (nSPS) is 20.4. The number of rotatable bonds is 4. The molecular weight excluding hydrogens is 330 g/mol. The average molecular weight is 351 g/mol. The number of pyridine rings is 1. The van der Waals surface area contributed by atoms with Crippen molar-refractivity contribution in [3.8, 4) is 0 Å². The summed E-state index contributed by atoms with van der Waals surface area (Å²) in [5, 5.41) is 12.5. The summed E-state index contributed by atoms with van der Waals surface area (Å²) in [7, 11) is 0. The Morgan fingerprint density at radius 1 is 1.46 bits per heavy atom. The third kappa shape index (κ3) is 4.70. The van der Waals surface area contributed by atoms with Crippen LogP contribution in [0.5, 0.6) is 0 Å². The Labute approximate surface area is 144 Å². The fourth-order valence-electron chi connectivity index (χ4n) is 1.94. The van der Waals surface area contributed by atoms with Crippen LogP contribution in [0.15, 0.2) is 23.3 Å². The maximum Gasteiger partial charge on any atom is 0.407 e. The van der Waals surface area contributed by atoms with Crippen molar-refractivity contribution >= 4 is 28.9 Å². The van der Waals surface area contributed by atoms with Gasteiger partial charge in [0, 0.05) is 17.5 Å². The van der Waals surface area contributed by atoms with Crippen LogP contribution >= 0.6 is 11.8 Å². The quantitative estimate of drug-likeness (QED) is 0.864. The molecule has 8 heteroatoms. The number of carbonyl (C=O) groups is 2. The summed E-state index contributed by atoms with van der Waals surface area (Å²) in [4.78, 5) is 31.5. The topological polar surface area (TPSA) is 101 Å². The van der Waals surface area contributed by atoms with E-state index < -0.39 is 23.2 Å². The van der Waals surface area contributed by atoms with Gasteiger partial charge in [0.25, 0.3) is 0 Å². The predicted octanol–water partition coefficient (Wildman–Crippen LogP) is 2.44. The third-order valence-electron chi connectivity index (χ3n) is 3.18. The van der Waals surface area contributed by atoms with Crippen molar-refractivity contribution in [1.29, 1.82) is 0 Å². The zero-order valence-corrected chi connectivity index (χ0v) is 14.9. The van der Waals surface area contributed by atoms with Crippen LogP contribution in [0, 0.1) is 0 Å². The van der Waals surface area contributed by atoms with Crippen LogP contribution in [0.2, 0.25) is 0 Å². The van der Waals surface area contributed by atoms with Crippen LogP contribution in [0.1, 0.15) is 39.0 Å². The number of carbonyl (C=O) groups excluding carboxylic acids is 1. The molecule has 0 spiro atoms. The molecule has 1 aromatic heterocycles. The molecule has 0 aliphatic carbocycles. The highest BCUT2D eigenvalue weighted by molar-refractivity contribution is 8.14. The molecule has 1 atom stereocenters. The number of nitrogens with zero attached hydrogens (tertiary/aromatic N) is 2. The summed E-state index contributed by atoms with van der Waals surface area (Å²) in [6.07, 6.45) is 1.10. The van der Waals surface area contributed by atoms with E-state index in [-0.39, 0.29) is 6.54 Å². The molecule has 130 valence electrons. The number of alkyl carbamates (subject to hydrolysis) is 1. The molecule has 2 heterocycles. The van der Waals surface area contributed by atoms with Crippen molar-refractivity contribution in [2.24, 2.45) is 4.99 Å². The number of carboxylic acid groups (broad SMARTS) is 1. The Balaban J connectivity index is 2.05. The number of thioether (sulfide) groups is 1. The minimum Gasteiger partial charge on any atom is -0.479 e. The highest BCUT2D eigenvalue weighted by Crippen LogP contribution is 2.31. The second kappa shape index (κ2) is 6.80. The van der Waals surface area contributed by atoms with Gasteiger partial charge in [-0.3, -0.25) is 9.98 Å². The molecule has 0 radical (unpaired) electrons. The number of aromatic nitrogens is 1. The molecule has 1 amide bonds. The van der Waals surface area contributed by atoms with Crippen molar-refractivity contribution in [1.82, 2.24) is 10.3 Å². The Kier molecular flexibility index (Phi) is 5.17. The van der Waals surface area contributed by atoms with Crippen molar-refractivity contribution in [3.05, 3.63) is 29.6 Å². The lowest BCUT2D eigenvalue weighted by molar-refractivity contribution is -0.141. The first-order valence-corrected chi connectivity index (χ1v) is 8.46. The van der Waals surface area contributed by atoms with Crippen molar-refractivity contribution in [2.75, 3.05) is 5.75 Å². The lowest BCUT2D eigenvalue weighted by Gasteiger charge is -2.19. The monoisotopic (exact) mass is 351 g/mol. The molecule has 2 N–H and O–H groups in total. The Hall–Kier alpha value is -2.09. The number of nitrogens with one attached hydrogen (secondary N) is 1. The summed E-state index contributed by atoms with van der Waals surface area (Å²) >= 11 is 1.40. The maximum atomic E-state index is 11.7. The molecule has 7 nitrogen and oxygen atoms in total. The summed E-state index contributed by atoms with van der Waals surface area (Å²) in [6.45, 7) is 7.19. The van der Waals surface area contributed by atoms with E-state index in [1.807, 2.05) is 0 Å². The largest absolute Gasteiger partial charge is 0.479 e. The minimum absolute atomic E-state index is 0.219. The van der Waals surface area contributed by atoms with E-state index in [9.17, 15) is 14.7 Å². The number of hydrogen-bond donors (Lipinski definition) is 2. The summed E-state index contributed by atoms with van der Waals surface area (Å²) in [6, 6.07) is 3.56. The van der Waals surface area contributed by atoms with Crippen LogP contribution in [0.25, 0.3) is 0 Å². The standard InChI is InChI=1S/C16H21N3O4S/c1-15(2,3)23-14(22)18-8-11-7-10(5-6-17-11)12-19-16(4,9-24-12)13(20)21/h5-7H,8-9H2,1-4H3,(H,18,22)(H,20,21)/t16-/m0/s1. The second-order valence-electron chi connectivity index (χ2n) is 6.68. The first-order chi connectivity index (χ1) is 11.1. The molecule has 2 rings (SSSR count). The van der Waals surface area contributed by atoms with Gasteiger partial charge in [0.1, 0.15) is 5.60 Å². The highest BCUT2D eigenvalue weighted by Gasteiger charge is 2.38. The van der Waals surface area contributed by atoms with Crippen LogP contribution in [-0.2, 0) is 16.1 Å². The third-order valence-corrected chi connectivity index (χ3v) is 4.48. The Morgan fingerprint density at radius 3 is 2.75 bits per heavy atom. The van der Waals surface area contributed by atoms with Crippen molar-refractivity contribution < 1.29 is 19.4 Å². The summed E-state index contributed by atoms with van der Waals surface area (Å²) in [5.41, 5.74) is -0.222. The zero-order valence-electron chi connectivity index (χ0n) is 14.1. The van der Waals surface area contributed by atoms with E-state index in [1.165, 1.54) is 11.8 Å². The molecule has 1 aliphatic rings. The summed E-state index contributed by atoms with van der Waals surface area (Å²) < 4.78 is 5.17. The second-order valence-corrected chi connectivity index (χ2v) is 7.64. The highest BCUT2D eigenvalue weighted by atomic mass is 32.2. The van der Waals surface area contributed by atoms with Gasteiger partial charge >= 0.3 is 12.1 Å². The van der Waals surface area contributed by atoms with Crippen LogP contribution in [0.3, 0.4) is 0 Å². The molecular formula is C16H21N3O4S. The van der Waals surface area contributed by atoms with E-state index in [0.29, 0.717) is 16.5 Å². The lowest BCUT2D eigenvalue weighted by Crippen LogP contribution is -2.33. The number of carboxylic acids is 1.